The minimum atomic E-state index is -1.00. The molecule has 0 aliphatic carbocycles. The molecule has 1 unspecified atom stereocenters. The third-order valence-electron chi connectivity index (χ3n) is 1.76. The van der Waals surface area contributed by atoms with Crippen molar-refractivity contribution >= 4 is 0 Å². The Morgan fingerprint density at radius 3 is 2.86 bits per heavy atom. The molecule has 0 fully saturated rings. The smallest absolute Gasteiger partial charge is 0.141 e. The van der Waals surface area contributed by atoms with Gasteiger partial charge in [0, 0.05) is 11.8 Å². The van der Waals surface area contributed by atoms with E-state index in [1.54, 1.807) is 0 Å². The Balaban J connectivity index is 2.32. The number of rotatable bonds is 2. The molecule has 1 atom stereocenters. The number of aromatic amines is 1. The maximum absolute atomic E-state index is 12.8. The molecule has 0 bridgehead atoms. The summed E-state index contributed by atoms with van der Waals surface area (Å²) >= 11 is 0. The van der Waals surface area contributed by atoms with Gasteiger partial charge in [0.05, 0.1) is 12.4 Å². The van der Waals surface area contributed by atoms with E-state index < -0.39 is 11.9 Å². The molecule has 2 aromatic rings. The van der Waals surface area contributed by atoms with Crippen LogP contribution < -0.4 is 0 Å². The summed E-state index contributed by atoms with van der Waals surface area (Å²) in [5, 5.41) is 19.3. The van der Waals surface area contributed by atoms with Crippen LogP contribution in [0.1, 0.15) is 17.4 Å². The standard InChI is InChI=1S/C8H7FN4O/c9-6-1-5(2-10-3-6)8(14)7-4-11-13-12-7/h1-4,8,14H,(H,11,12,13). The van der Waals surface area contributed by atoms with Crippen LogP contribution in [0.25, 0.3) is 0 Å². The second-order valence-electron chi connectivity index (χ2n) is 2.73. The molecule has 0 radical (unpaired) electrons. The minimum absolute atomic E-state index is 0.331. The fourth-order valence-corrected chi connectivity index (χ4v) is 1.09. The predicted octanol–water partition coefficient (Wildman–Crippen LogP) is 0.420. The van der Waals surface area contributed by atoms with Crippen LogP contribution in [0.3, 0.4) is 0 Å². The highest BCUT2D eigenvalue weighted by molar-refractivity contribution is 5.20. The van der Waals surface area contributed by atoms with E-state index in [0.717, 1.165) is 6.20 Å². The first-order valence-electron chi connectivity index (χ1n) is 3.91. The van der Waals surface area contributed by atoms with Crippen molar-refractivity contribution in [3.63, 3.8) is 0 Å². The van der Waals surface area contributed by atoms with Crippen LogP contribution in [-0.4, -0.2) is 25.5 Å². The molecule has 14 heavy (non-hydrogen) atoms. The van der Waals surface area contributed by atoms with Gasteiger partial charge in [-0.2, -0.15) is 15.4 Å². The number of aliphatic hydroxyl groups is 1. The van der Waals surface area contributed by atoms with Crippen LogP contribution in [0.2, 0.25) is 0 Å². The normalized spacial score (nSPS) is 12.7. The molecule has 72 valence electrons. The first-order chi connectivity index (χ1) is 6.77. The fraction of sp³-hybridized carbons (Fsp3) is 0.125. The van der Waals surface area contributed by atoms with Crippen LogP contribution in [0.15, 0.2) is 24.7 Å². The summed E-state index contributed by atoms with van der Waals surface area (Å²) in [6, 6.07) is 1.20. The topological polar surface area (TPSA) is 74.7 Å². The number of nitrogens with zero attached hydrogens (tertiary/aromatic N) is 3. The van der Waals surface area contributed by atoms with Gasteiger partial charge in [-0.05, 0) is 6.07 Å². The molecule has 2 N–H and O–H groups in total. The number of nitrogens with one attached hydrogen (secondary N) is 1. The van der Waals surface area contributed by atoms with Gasteiger partial charge in [0.25, 0.3) is 0 Å². The lowest BCUT2D eigenvalue weighted by molar-refractivity contribution is 0.214. The Bertz CT molecular complexity index is 417. The molecule has 2 rings (SSSR count). The molecule has 0 amide bonds. The molecule has 0 saturated carbocycles. The molecule has 5 nitrogen and oxygen atoms in total. The summed E-state index contributed by atoms with van der Waals surface area (Å²) in [5.74, 6) is -0.495. The summed E-state index contributed by atoms with van der Waals surface area (Å²) in [5.41, 5.74) is 0.677. The van der Waals surface area contributed by atoms with Crippen molar-refractivity contribution in [2.45, 2.75) is 6.10 Å². The highest BCUT2D eigenvalue weighted by atomic mass is 19.1. The maximum Gasteiger partial charge on any atom is 0.141 e. The van der Waals surface area contributed by atoms with Crippen LogP contribution in [0, 0.1) is 5.82 Å². The van der Waals surface area contributed by atoms with Crippen molar-refractivity contribution in [3.8, 4) is 0 Å². The van der Waals surface area contributed by atoms with Crippen molar-refractivity contribution in [1.29, 1.82) is 0 Å². The number of hydrogen-bond donors (Lipinski definition) is 2. The zero-order chi connectivity index (χ0) is 9.97. The first-order valence-corrected chi connectivity index (χ1v) is 3.91. The van der Waals surface area contributed by atoms with Gasteiger partial charge < -0.3 is 5.11 Å². The highest BCUT2D eigenvalue weighted by Crippen LogP contribution is 2.18. The Labute approximate surface area is 78.6 Å². The molecular weight excluding hydrogens is 187 g/mol. The van der Waals surface area contributed by atoms with Crippen molar-refractivity contribution in [2.24, 2.45) is 0 Å². The zero-order valence-corrected chi connectivity index (χ0v) is 7.05. The summed E-state index contributed by atoms with van der Waals surface area (Å²) in [7, 11) is 0. The molecule has 0 aliphatic heterocycles. The summed E-state index contributed by atoms with van der Waals surface area (Å²) in [6.45, 7) is 0. The largest absolute Gasteiger partial charge is 0.382 e. The second-order valence-corrected chi connectivity index (χ2v) is 2.73. The molecular formula is C8H7FN4O. The van der Waals surface area contributed by atoms with E-state index >= 15 is 0 Å². The quantitative estimate of drug-likeness (QED) is 0.726. The third-order valence-corrected chi connectivity index (χ3v) is 1.76. The number of hydrogen-bond acceptors (Lipinski definition) is 4. The molecule has 0 aromatic carbocycles. The Morgan fingerprint density at radius 2 is 2.21 bits per heavy atom. The maximum atomic E-state index is 12.8. The monoisotopic (exact) mass is 194 g/mol. The van der Waals surface area contributed by atoms with Gasteiger partial charge in [-0.3, -0.25) is 4.98 Å². The highest BCUT2D eigenvalue weighted by Gasteiger charge is 2.13. The molecule has 0 saturated heterocycles. The Hall–Kier alpha value is -1.82. The Morgan fingerprint density at radius 1 is 1.36 bits per heavy atom. The fourth-order valence-electron chi connectivity index (χ4n) is 1.09. The average Bonchev–Trinajstić information content (AvgIpc) is 2.69. The summed E-state index contributed by atoms with van der Waals surface area (Å²) in [4.78, 5) is 3.62. The SMILES string of the molecule is OC(c1cncc(F)c1)c1cn[nH]n1. The van der Waals surface area contributed by atoms with Crippen molar-refractivity contribution < 1.29 is 9.50 Å². The third kappa shape index (κ3) is 1.60. The number of aromatic nitrogens is 4. The van der Waals surface area contributed by atoms with Gasteiger partial charge >= 0.3 is 0 Å². The lowest BCUT2D eigenvalue weighted by Crippen LogP contribution is -2.01. The summed E-state index contributed by atoms with van der Waals surface area (Å²) in [6.07, 6.45) is 2.81. The van der Waals surface area contributed by atoms with Gasteiger partial charge in [-0.1, -0.05) is 0 Å². The first kappa shape index (κ1) is 8.76. The van der Waals surface area contributed by atoms with Crippen molar-refractivity contribution in [3.05, 3.63) is 41.7 Å². The number of halogens is 1. The number of pyridine rings is 1. The van der Waals surface area contributed by atoms with Crippen LogP contribution in [-0.2, 0) is 0 Å². The van der Waals surface area contributed by atoms with Gasteiger partial charge in [0.15, 0.2) is 0 Å². The lowest BCUT2D eigenvalue weighted by atomic mass is 10.1. The van der Waals surface area contributed by atoms with Gasteiger partial charge in [-0.25, -0.2) is 4.39 Å². The van der Waals surface area contributed by atoms with E-state index in [1.165, 1.54) is 18.5 Å². The van der Waals surface area contributed by atoms with Crippen LogP contribution >= 0.6 is 0 Å². The van der Waals surface area contributed by atoms with Crippen LogP contribution in [0.5, 0.6) is 0 Å². The van der Waals surface area contributed by atoms with Crippen molar-refractivity contribution in [2.75, 3.05) is 0 Å². The minimum Gasteiger partial charge on any atom is -0.382 e. The number of aliphatic hydroxyl groups excluding tert-OH is 1. The van der Waals surface area contributed by atoms with Crippen LogP contribution in [0.4, 0.5) is 4.39 Å². The van der Waals surface area contributed by atoms with Crippen molar-refractivity contribution in [1.82, 2.24) is 20.4 Å². The van der Waals surface area contributed by atoms with E-state index in [9.17, 15) is 9.50 Å². The zero-order valence-electron chi connectivity index (χ0n) is 7.05. The van der Waals surface area contributed by atoms with Gasteiger partial charge in [0.2, 0.25) is 0 Å². The van der Waals surface area contributed by atoms with E-state index in [2.05, 4.69) is 20.4 Å². The van der Waals surface area contributed by atoms with Gasteiger partial charge in [-0.15, -0.1) is 0 Å². The van der Waals surface area contributed by atoms with E-state index in [1.807, 2.05) is 0 Å². The second kappa shape index (κ2) is 3.51. The average molecular weight is 194 g/mol. The molecule has 0 aliphatic rings. The molecule has 6 heteroatoms. The van der Waals surface area contributed by atoms with Gasteiger partial charge in [0.1, 0.15) is 17.6 Å². The molecule has 2 aromatic heterocycles. The summed E-state index contributed by atoms with van der Waals surface area (Å²) < 4.78 is 12.8. The Kier molecular flexibility index (Phi) is 2.19. The van der Waals surface area contributed by atoms with E-state index in [-0.39, 0.29) is 0 Å². The lowest BCUT2D eigenvalue weighted by Gasteiger charge is -2.05. The molecule has 0 spiro atoms. The molecule has 2 heterocycles. The number of H-pyrrole nitrogens is 1. The van der Waals surface area contributed by atoms with E-state index in [0.29, 0.717) is 11.3 Å². The van der Waals surface area contributed by atoms with E-state index in [4.69, 9.17) is 0 Å². The predicted molar refractivity (Wildman–Crippen MR) is 44.6 cm³/mol.